The van der Waals surface area contributed by atoms with Gasteiger partial charge in [0.25, 0.3) is 0 Å². The molecule has 2 rings (SSSR count). The Bertz CT molecular complexity index is 452. The van der Waals surface area contributed by atoms with E-state index in [4.69, 9.17) is 4.74 Å². The summed E-state index contributed by atoms with van der Waals surface area (Å²) in [5.41, 5.74) is 1.74. The third-order valence-corrected chi connectivity index (χ3v) is 3.77. The number of hydrogen-bond donors (Lipinski definition) is 0. The van der Waals surface area contributed by atoms with E-state index in [-0.39, 0.29) is 5.97 Å². The number of esters is 1. The molecule has 0 unspecified atom stereocenters. The minimum Gasteiger partial charge on any atom is -0.462 e. The molecule has 20 heavy (non-hydrogen) atoms. The van der Waals surface area contributed by atoms with Crippen molar-refractivity contribution in [2.45, 2.75) is 26.8 Å². The minimum absolute atomic E-state index is 0.241. The normalized spacial score (nSPS) is 16.5. The second kappa shape index (κ2) is 6.75. The summed E-state index contributed by atoms with van der Waals surface area (Å²) in [4.78, 5) is 16.6. The number of anilines is 1. The number of nitrogens with zero attached hydrogens (tertiary/aromatic N) is 2. The number of carbonyl (C=O) groups excluding carboxylic acids is 1. The van der Waals surface area contributed by atoms with Gasteiger partial charge in [-0.1, -0.05) is 6.07 Å². The highest BCUT2D eigenvalue weighted by atomic mass is 16.5. The molecular formula is C16H24N2O2. The number of hydrogen-bond acceptors (Lipinski definition) is 4. The maximum atomic E-state index is 11.8. The molecule has 1 aliphatic heterocycles. The van der Waals surface area contributed by atoms with Gasteiger partial charge in [0.15, 0.2) is 0 Å². The van der Waals surface area contributed by atoms with Crippen LogP contribution >= 0.6 is 0 Å². The zero-order valence-electron chi connectivity index (χ0n) is 12.6. The van der Waals surface area contributed by atoms with Gasteiger partial charge in [-0.3, -0.25) is 4.90 Å². The van der Waals surface area contributed by atoms with Gasteiger partial charge in [0, 0.05) is 37.9 Å². The lowest BCUT2D eigenvalue weighted by atomic mass is 10.1. The van der Waals surface area contributed by atoms with Crippen molar-refractivity contribution in [3.63, 3.8) is 0 Å². The zero-order valence-corrected chi connectivity index (χ0v) is 12.6. The molecule has 1 aromatic carbocycles. The van der Waals surface area contributed by atoms with E-state index >= 15 is 0 Å². The van der Waals surface area contributed by atoms with Gasteiger partial charge < -0.3 is 9.64 Å². The Morgan fingerprint density at radius 1 is 1.25 bits per heavy atom. The van der Waals surface area contributed by atoms with E-state index in [0.29, 0.717) is 18.2 Å². The third-order valence-electron chi connectivity index (χ3n) is 3.77. The summed E-state index contributed by atoms with van der Waals surface area (Å²) in [7, 11) is 0. The van der Waals surface area contributed by atoms with Gasteiger partial charge >= 0.3 is 5.97 Å². The quantitative estimate of drug-likeness (QED) is 0.791. The maximum Gasteiger partial charge on any atom is 0.338 e. The van der Waals surface area contributed by atoms with E-state index in [1.165, 1.54) is 0 Å². The maximum absolute atomic E-state index is 11.8. The smallest absolute Gasteiger partial charge is 0.338 e. The fourth-order valence-corrected chi connectivity index (χ4v) is 2.54. The standard InChI is InChI=1S/C16H24N2O2/c1-4-20-16(19)14-6-5-7-15(12-14)18-10-8-17(9-11-18)13(2)3/h5-7,12-13H,4,8-11H2,1-3H3. The lowest BCUT2D eigenvalue weighted by Crippen LogP contribution is -2.48. The minimum atomic E-state index is -0.241. The molecule has 1 aromatic rings. The highest BCUT2D eigenvalue weighted by molar-refractivity contribution is 5.90. The second-order valence-corrected chi connectivity index (χ2v) is 5.39. The molecular weight excluding hydrogens is 252 g/mol. The monoisotopic (exact) mass is 276 g/mol. The fraction of sp³-hybridized carbons (Fsp3) is 0.562. The fourth-order valence-electron chi connectivity index (χ4n) is 2.54. The van der Waals surface area contributed by atoms with E-state index in [9.17, 15) is 4.79 Å². The average molecular weight is 276 g/mol. The van der Waals surface area contributed by atoms with Crippen molar-refractivity contribution < 1.29 is 9.53 Å². The van der Waals surface area contributed by atoms with Crippen LogP contribution in [0.4, 0.5) is 5.69 Å². The van der Waals surface area contributed by atoms with Crippen LogP contribution in [0.25, 0.3) is 0 Å². The molecule has 0 saturated carbocycles. The number of rotatable bonds is 4. The predicted octanol–water partition coefficient (Wildman–Crippen LogP) is 2.39. The van der Waals surface area contributed by atoms with E-state index in [1.807, 2.05) is 25.1 Å². The first kappa shape index (κ1) is 14.9. The first-order valence-corrected chi connectivity index (χ1v) is 7.38. The summed E-state index contributed by atoms with van der Waals surface area (Å²) < 4.78 is 5.05. The van der Waals surface area contributed by atoms with Crippen LogP contribution in [0.2, 0.25) is 0 Å². The van der Waals surface area contributed by atoms with E-state index in [2.05, 4.69) is 29.7 Å². The number of ether oxygens (including phenoxy) is 1. The lowest BCUT2D eigenvalue weighted by Gasteiger charge is -2.38. The van der Waals surface area contributed by atoms with Gasteiger partial charge in [0.2, 0.25) is 0 Å². The van der Waals surface area contributed by atoms with Crippen molar-refractivity contribution in [1.82, 2.24) is 4.90 Å². The number of piperazine rings is 1. The van der Waals surface area contributed by atoms with Gasteiger partial charge in [-0.2, -0.15) is 0 Å². The van der Waals surface area contributed by atoms with Crippen molar-refractivity contribution in [1.29, 1.82) is 0 Å². The molecule has 0 radical (unpaired) electrons. The molecule has 1 saturated heterocycles. The molecule has 1 fully saturated rings. The zero-order chi connectivity index (χ0) is 14.5. The summed E-state index contributed by atoms with van der Waals surface area (Å²) in [6.45, 7) is 10.9. The first-order chi connectivity index (χ1) is 9.61. The Morgan fingerprint density at radius 3 is 2.55 bits per heavy atom. The van der Waals surface area contributed by atoms with Crippen LogP contribution in [-0.2, 0) is 4.74 Å². The first-order valence-electron chi connectivity index (χ1n) is 7.38. The van der Waals surface area contributed by atoms with Gasteiger partial charge in [-0.15, -0.1) is 0 Å². The topological polar surface area (TPSA) is 32.8 Å². The van der Waals surface area contributed by atoms with E-state index in [0.717, 1.165) is 31.9 Å². The van der Waals surface area contributed by atoms with Gasteiger partial charge in [-0.05, 0) is 39.0 Å². The highest BCUT2D eigenvalue weighted by Gasteiger charge is 2.19. The molecule has 4 nitrogen and oxygen atoms in total. The molecule has 0 atom stereocenters. The van der Waals surface area contributed by atoms with Crippen LogP contribution in [0.3, 0.4) is 0 Å². The van der Waals surface area contributed by atoms with Crippen LogP contribution in [0, 0.1) is 0 Å². The van der Waals surface area contributed by atoms with Gasteiger partial charge in [-0.25, -0.2) is 4.79 Å². The van der Waals surface area contributed by atoms with Crippen LogP contribution < -0.4 is 4.90 Å². The molecule has 110 valence electrons. The second-order valence-electron chi connectivity index (χ2n) is 5.39. The molecule has 4 heteroatoms. The van der Waals surface area contributed by atoms with Crippen molar-refractivity contribution in [3.05, 3.63) is 29.8 Å². The summed E-state index contributed by atoms with van der Waals surface area (Å²) in [6.07, 6.45) is 0. The summed E-state index contributed by atoms with van der Waals surface area (Å²) in [5.74, 6) is -0.241. The van der Waals surface area contributed by atoms with Crippen molar-refractivity contribution >= 4 is 11.7 Å². The predicted molar refractivity (Wildman–Crippen MR) is 81.3 cm³/mol. The summed E-state index contributed by atoms with van der Waals surface area (Å²) in [6, 6.07) is 8.34. The number of carbonyl (C=O) groups is 1. The largest absolute Gasteiger partial charge is 0.462 e. The Hall–Kier alpha value is -1.55. The number of benzene rings is 1. The van der Waals surface area contributed by atoms with E-state index < -0.39 is 0 Å². The van der Waals surface area contributed by atoms with Crippen LogP contribution in [-0.4, -0.2) is 49.7 Å². The third kappa shape index (κ3) is 3.51. The van der Waals surface area contributed by atoms with E-state index in [1.54, 1.807) is 0 Å². The molecule has 0 amide bonds. The molecule has 0 aromatic heterocycles. The SMILES string of the molecule is CCOC(=O)c1cccc(N2CCN(C(C)C)CC2)c1. The average Bonchev–Trinajstić information content (AvgIpc) is 2.48. The summed E-state index contributed by atoms with van der Waals surface area (Å²) in [5, 5.41) is 0. The Balaban J connectivity index is 2.03. The van der Waals surface area contributed by atoms with Crippen LogP contribution in [0.1, 0.15) is 31.1 Å². The van der Waals surface area contributed by atoms with Gasteiger partial charge in [0.1, 0.15) is 0 Å². The van der Waals surface area contributed by atoms with Crippen molar-refractivity contribution in [2.24, 2.45) is 0 Å². The Morgan fingerprint density at radius 2 is 1.95 bits per heavy atom. The molecule has 0 bridgehead atoms. The molecule has 1 aliphatic rings. The van der Waals surface area contributed by atoms with Crippen molar-refractivity contribution in [2.75, 3.05) is 37.7 Å². The molecule has 0 spiro atoms. The molecule has 0 aliphatic carbocycles. The summed E-state index contributed by atoms with van der Waals surface area (Å²) >= 11 is 0. The molecule has 0 N–H and O–H groups in total. The van der Waals surface area contributed by atoms with Crippen molar-refractivity contribution in [3.8, 4) is 0 Å². The lowest BCUT2D eigenvalue weighted by molar-refractivity contribution is 0.0526. The van der Waals surface area contributed by atoms with Gasteiger partial charge in [0.05, 0.1) is 12.2 Å². The molecule has 1 heterocycles. The van der Waals surface area contributed by atoms with Crippen LogP contribution in [0.15, 0.2) is 24.3 Å². The van der Waals surface area contributed by atoms with Crippen LogP contribution in [0.5, 0.6) is 0 Å². The Labute approximate surface area is 121 Å². The highest BCUT2D eigenvalue weighted by Crippen LogP contribution is 2.19. The Kier molecular flexibility index (Phi) is 5.01.